The average molecular weight is 378 g/mol. The second-order valence-corrected chi connectivity index (χ2v) is 6.55. The van der Waals surface area contributed by atoms with Gasteiger partial charge in [-0.1, -0.05) is 36.4 Å². The highest BCUT2D eigenvalue weighted by molar-refractivity contribution is 5.83. The molecule has 0 fully saturated rings. The molecular formula is C24H18N4O. The molecule has 0 bridgehead atoms. The standard InChI is InChI=1S/C24H18N4O/c1-3-7-19(8-4-1)26-24-25-15-13-23(27-24)29-21-11-12-22-18(17-21)14-16-28(22)20-9-5-2-6-10-20/h1-17H,(H,25,26,27). The number of anilines is 2. The monoisotopic (exact) mass is 378 g/mol. The Bertz CT molecular complexity index is 1250. The maximum Gasteiger partial charge on any atom is 0.230 e. The number of para-hydroxylation sites is 2. The van der Waals surface area contributed by atoms with Crippen LogP contribution >= 0.6 is 0 Å². The van der Waals surface area contributed by atoms with Crippen molar-refractivity contribution < 1.29 is 4.74 Å². The summed E-state index contributed by atoms with van der Waals surface area (Å²) in [7, 11) is 0. The summed E-state index contributed by atoms with van der Waals surface area (Å²) < 4.78 is 8.14. The molecule has 0 aliphatic rings. The van der Waals surface area contributed by atoms with Crippen molar-refractivity contribution in [3.8, 4) is 17.3 Å². The molecule has 0 unspecified atom stereocenters. The molecule has 0 spiro atoms. The van der Waals surface area contributed by atoms with Crippen LogP contribution in [0, 0.1) is 0 Å². The quantitative estimate of drug-likeness (QED) is 0.410. The Labute approximate surface area is 168 Å². The van der Waals surface area contributed by atoms with E-state index >= 15 is 0 Å². The van der Waals surface area contributed by atoms with E-state index in [9.17, 15) is 0 Å². The molecule has 0 saturated carbocycles. The van der Waals surface area contributed by atoms with Crippen LogP contribution in [-0.4, -0.2) is 14.5 Å². The second kappa shape index (κ2) is 7.48. The molecule has 5 nitrogen and oxygen atoms in total. The largest absolute Gasteiger partial charge is 0.439 e. The second-order valence-electron chi connectivity index (χ2n) is 6.55. The van der Waals surface area contributed by atoms with Crippen molar-refractivity contribution >= 4 is 22.5 Å². The summed E-state index contributed by atoms with van der Waals surface area (Å²) in [6.45, 7) is 0. The minimum Gasteiger partial charge on any atom is -0.439 e. The van der Waals surface area contributed by atoms with Gasteiger partial charge in [-0.05, 0) is 48.5 Å². The lowest BCUT2D eigenvalue weighted by atomic mass is 10.2. The van der Waals surface area contributed by atoms with Crippen molar-refractivity contribution in [1.29, 1.82) is 0 Å². The van der Waals surface area contributed by atoms with Gasteiger partial charge in [-0.3, -0.25) is 0 Å². The van der Waals surface area contributed by atoms with Gasteiger partial charge in [0.15, 0.2) is 0 Å². The highest BCUT2D eigenvalue weighted by Gasteiger charge is 2.07. The molecular weight excluding hydrogens is 360 g/mol. The van der Waals surface area contributed by atoms with Gasteiger partial charge in [0.25, 0.3) is 0 Å². The van der Waals surface area contributed by atoms with E-state index in [2.05, 4.69) is 50.3 Å². The van der Waals surface area contributed by atoms with Crippen LogP contribution in [0.25, 0.3) is 16.6 Å². The molecule has 0 atom stereocenters. The van der Waals surface area contributed by atoms with Crippen LogP contribution in [0.3, 0.4) is 0 Å². The summed E-state index contributed by atoms with van der Waals surface area (Å²) in [6.07, 6.45) is 3.74. The lowest BCUT2D eigenvalue weighted by Gasteiger charge is -2.09. The number of fused-ring (bicyclic) bond motifs is 1. The van der Waals surface area contributed by atoms with Gasteiger partial charge in [0.1, 0.15) is 5.75 Å². The molecule has 5 rings (SSSR count). The zero-order valence-corrected chi connectivity index (χ0v) is 15.6. The molecule has 2 aromatic heterocycles. The van der Waals surface area contributed by atoms with Crippen LogP contribution in [0.5, 0.6) is 11.6 Å². The third-order valence-electron chi connectivity index (χ3n) is 4.58. The van der Waals surface area contributed by atoms with E-state index in [-0.39, 0.29) is 0 Å². The molecule has 140 valence electrons. The predicted molar refractivity (Wildman–Crippen MR) is 115 cm³/mol. The first kappa shape index (κ1) is 17.0. The fourth-order valence-corrected chi connectivity index (χ4v) is 3.23. The molecule has 29 heavy (non-hydrogen) atoms. The van der Waals surface area contributed by atoms with E-state index in [0.29, 0.717) is 11.8 Å². The van der Waals surface area contributed by atoms with Gasteiger partial charge in [-0.25, -0.2) is 4.98 Å². The molecule has 0 radical (unpaired) electrons. The summed E-state index contributed by atoms with van der Waals surface area (Å²) in [5, 5.41) is 4.28. The molecule has 1 N–H and O–H groups in total. The van der Waals surface area contributed by atoms with Gasteiger partial charge < -0.3 is 14.6 Å². The first-order chi connectivity index (χ1) is 14.3. The third-order valence-corrected chi connectivity index (χ3v) is 4.58. The van der Waals surface area contributed by atoms with Crippen molar-refractivity contribution in [3.63, 3.8) is 0 Å². The molecule has 0 saturated heterocycles. The van der Waals surface area contributed by atoms with Crippen molar-refractivity contribution in [1.82, 2.24) is 14.5 Å². The maximum absolute atomic E-state index is 5.98. The number of nitrogens with zero attached hydrogens (tertiary/aromatic N) is 3. The number of nitrogens with one attached hydrogen (secondary N) is 1. The van der Waals surface area contributed by atoms with Crippen molar-refractivity contribution in [2.45, 2.75) is 0 Å². The lowest BCUT2D eigenvalue weighted by Crippen LogP contribution is -1.98. The van der Waals surface area contributed by atoms with Crippen LogP contribution in [0.2, 0.25) is 0 Å². The van der Waals surface area contributed by atoms with E-state index in [1.807, 2.05) is 60.7 Å². The van der Waals surface area contributed by atoms with E-state index in [4.69, 9.17) is 4.74 Å². The Morgan fingerprint density at radius 3 is 2.41 bits per heavy atom. The lowest BCUT2D eigenvalue weighted by molar-refractivity contribution is 0.463. The minimum atomic E-state index is 0.486. The zero-order chi connectivity index (χ0) is 19.5. The van der Waals surface area contributed by atoms with Crippen LogP contribution in [0.1, 0.15) is 0 Å². The number of aromatic nitrogens is 3. The molecule has 0 aliphatic carbocycles. The van der Waals surface area contributed by atoms with Gasteiger partial charge >= 0.3 is 0 Å². The third kappa shape index (κ3) is 3.66. The summed E-state index contributed by atoms with van der Waals surface area (Å²) in [5.41, 5.74) is 3.18. The minimum absolute atomic E-state index is 0.486. The van der Waals surface area contributed by atoms with Gasteiger partial charge in [0.2, 0.25) is 11.8 Å². The highest BCUT2D eigenvalue weighted by atomic mass is 16.5. The Kier molecular flexibility index (Phi) is 4.39. The topological polar surface area (TPSA) is 52.0 Å². The number of benzene rings is 3. The summed E-state index contributed by atoms with van der Waals surface area (Å²) in [6, 6.07) is 29.9. The van der Waals surface area contributed by atoms with Gasteiger partial charge in [-0.15, -0.1) is 0 Å². The Hall–Kier alpha value is -4.12. The highest BCUT2D eigenvalue weighted by Crippen LogP contribution is 2.27. The van der Waals surface area contributed by atoms with Crippen molar-refractivity contribution in [2.75, 3.05) is 5.32 Å². The summed E-state index contributed by atoms with van der Waals surface area (Å²) in [4.78, 5) is 8.70. The number of hydrogen-bond acceptors (Lipinski definition) is 4. The molecule has 2 heterocycles. The Balaban J connectivity index is 1.39. The van der Waals surface area contributed by atoms with Gasteiger partial charge in [0.05, 0.1) is 5.52 Å². The smallest absolute Gasteiger partial charge is 0.230 e. The van der Waals surface area contributed by atoms with E-state index in [0.717, 1.165) is 28.0 Å². The normalized spacial score (nSPS) is 10.8. The van der Waals surface area contributed by atoms with Crippen LogP contribution in [-0.2, 0) is 0 Å². The van der Waals surface area contributed by atoms with Crippen LogP contribution in [0.15, 0.2) is 103 Å². The number of rotatable bonds is 5. The maximum atomic E-state index is 5.98. The van der Waals surface area contributed by atoms with E-state index in [1.54, 1.807) is 12.3 Å². The van der Waals surface area contributed by atoms with Crippen molar-refractivity contribution in [2.24, 2.45) is 0 Å². The molecule has 3 aromatic carbocycles. The van der Waals surface area contributed by atoms with Crippen LogP contribution in [0.4, 0.5) is 11.6 Å². The summed E-state index contributed by atoms with van der Waals surface area (Å²) >= 11 is 0. The molecule has 0 amide bonds. The average Bonchev–Trinajstić information content (AvgIpc) is 3.19. The van der Waals surface area contributed by atoms with Gasteiger partial charge in [0, 0.05) is 35.2 Å². The SMILES string of the molecule is c1ccc(Nc2nccc(Oc3ccc4c(ccn4-c4ccccc4)c3)n2)cc1. The molecule has 5 aromatic rings. The predicted octanol–water partition coefficient (Wildman–Crippen LogP) is 5.96. The van der Waals surface area contributed by atoms with Crippen LogP contribution < -0.4 is 10.1 Å². The fourth-order valence-electron chi connectivity index (χ4n) is 3.23. The molecule has 5 heteroatoms. The Morgan fingerprint density at radius 1 is 0.793 bits per heavy atom. The van der Waals surface area contributed by atoms with Crippen molar-refractivity contribution in [3.05, 3.63) is 103 Å². The fraction of sp³-hybridized carbons (Fsp3) is 0. The van der Waals surface area contributed by atoms with E-state index < -0.39 is 0 Å². The van der Waals surface area contributed by atoms with Gasteiger partial charge in [-0.2, -0.15) is 4.98 Å². The first-order valence-electron chi connectivity index (χ1n) is 9.35. The first-order valence-corrected chi connectivity index (χ1v) is 9.35. The number of hydrogen-bond donors (Lipinski definition) is 1. The zero-order valence-electron chi connectivity index (χ0n) is 15.6. The number of ether oxygens (including phenoxy) is 1. The van der Waals surface area contributed by atoms with E-state index in [1.165, 1.54) is 0 Å². The Morgan fingerprint density at radius 2 is 1.59 bits per heavy atom. The molecule has 0 aliphatic heterocycles. The summed E-state index contributed by atoms with van der Waals surface area (Å²) in [5.74, 6) is 1.71.